The molecule has 0 aliphatic heterocycles. The van der Waals surface area contributed by atoms with Crippen molar-refractivity contribution in [1.29, 1.82) is 0 Å². The third-order valence-electron chi connectivity index (χ3n) is 4.72. The summed E-state index contributed by atoms with van der Waals surface area (Å²) in [6.07, 6.45) is 7.54. The van der Waals surface area contributed by atoms with Crippen LogP contribution in [0, 0.1) is 6.92 Å². The maximum Gasteiger partial charge on any atom is 0.317 e. The molecule has 2 aromatic rings. The quantitative estimate of drug-likeness (QED) is 0.936. The van der Waals surface area contributed by atoms with Crippen LogP contribution in [-0.2, 0) is 6.54 Å². The average molecular weight is 332 g/mol. The van der Waals surface area contributed by atoms with Crippen LogP contribution in [0.1, 0.15) is 30.7 Å². The zero-order chi connectivity index (χ0) is 16.4. The van der Waals surface area contributed by atoms with Crippen molar-refractivity contribution in [1.82, 2.24) is 19.6 Å². The number of urea groups is 1. The molecule has 0 unspecified atom stereocenters. The van der Waals surface area contributed by atoms with Crippen molar-refractivity contribution in [2.75, 3.05) is 13.3 Å². The molecule has 2 atom stereocenters. The van der Waals surface area contributed by atoms with E-state index in [9.17, 15) is 4.79 Å². The summed E-state index contributed by atoms with van der Waals surface area (Å²) >= 11 is 1.91. The summed E-state index contributed by atoms with van der Waals surface area (Å²) in [5, 5.41) is 3.68. The fourth-order valence-electron chi connectivity index (χ4n) is 3.22. The zero-order valence-electron chi connectivity index (χ0n) is 14.0. The third kappa shape index (κ3) is 3.47. The maximum absolute atomic E-state index is 12.4. The minimum absolute atomic E-state index is 0.00877. The van der Waals surface area contributed by atoms with E-state index in [0.29, 0.717) is 17.8 Å². The molecule has 124 valence electrons. The van der Waals surface area contributed by atoms with E-state index in [1.165, 1.54) is 6.42 Å². The van der Waals surface area contributed by atoms with Gasteiger partial charge in [-0.25, -0.2) is 9.78 Å². The molecule has 5 nitrogen and oxygen atoms in total. The molecule has 1 aliphatic rings. The van der Waals surface area contributed by atoms with E-state index in [-0.39, 0.29) is 6.03 Å². The van der Waals surface area contributed by atoms with Crippen LogP contribution in [0.15, 0.2) is 24.4 Å². The molecule has 2 heterocycles. The standard InChI is InChI=1S/C17H24N4OS/c1-12-5-4-6-16-19-13(11-21(12)16)10-18-17(22)20(2)14-7-8-15(9-14)23-3/h4-6,11,14-15H,7-10H2,1-3H3,(H,18,22)/t14-,15-/m0/s1. The highest BCUT2D eigenvalue weighted by molar-refractivity contribution is 7.99. The SMILES string of the molecule is CS[C@H]1CC[C@H](N(C)C(=O)NCc2cn3c(C)cccc3n2)C1. The summed E-state index contributed by atoms with van der Waals surface area (Å²) in [7, 11) is 1.90. The number of carbonyl (C=O) groups is 1. The third-order valence-corrected chi connectivity index (χ3v) is 5.82. The van der Waals surface area contributed by atoms with Crippen molar-refractivity contribution in [2.45, 2.75) is 44.0 Å². The van der Waals surface area contributed by atoms with Gasteiger partial charge in [-0.1, -0.05) is 6.07 Å². The number of hydrogen-bond donors (Lipinski definition) is 1. The van der Waals surface area contributed by atoms with Crippen LogP contribution >= 0.6 is 11.8 Å². The molecule has 1 aliphatic carbocycles. The first-order valence-electron chi connectivity index (χ1n) is 8.05. The van der Waals surface area contributed by atoms with E-state index in [2.05, 4.69) is 16.6 Å². The molecule has 1 fully saturated rings. The lowest BCUT2D eigenvalue weighted by molar-refractivity contribution is 0.190. The van der Waals surface area contributed by atoms with Gasteiger partial charge in [-0.15, -0.1) is 0 Å². The zero-order valence-corrected chi connectivity index (χ0v) is 14.8. The number of imidazole rings is 1. The van der Waals surface area contributed by atoms with Crippen LogP contribution in [-0.4, -0.2) is 44.9 Å². The van der Waals surface area contributed by atoms with Crippen LogP contribution in [0.5, 0.6) is 0 Å². The Kier molecular flexibility index (Phi) is 4.80. The molecule has 6 heteroatoms. The van der Waals surface area contributed by atoms with Gasteiger partial charge in [0.05, 0.1) is 12.2 Å². The Balaban J connectivity index is 1.58. The molecule has 1 saturated carbocycles. The van der Waals surface area contributed by atoms with Crippen molar-refractivity contribution < 1.29 is 4.79 Å². The van der Waals surface area contributed by atoms with Gasteiger partial charge in [-0.3, -0.25) is 0 Å². The maximum atomic E-state index is 12.4. The van der Waals surface area contributed by atoms with Gasteiger partial charge < -0.3 is 14.6 Å². The number of aromatic nitrogens is 2. The van der Waals surface area contributed by atoms with E-state index >= 15 is 0 Å². The van der Waals surface area contributed by atoms with Crippen LogP contribution in [0.2, 0.25) is 0 Å². The van der Waals surface area contributed by atoms with Crippen LogP contribution in [0.3, 0.4) is 0 Å². The van der Waals surface area contributed by atoms with Gasteiger partial charge in [0.15, 0.2) is 0 Å². The molecule has 0 bridgehead atoms. The lowest BCUT2D eigenvalue weighted by atomic mass is 10.2. The normalized spacial score (nSPS) is 20.8. The summed E-state index contributed by atoms with van der Waals surface area (Å²) in [5.74, 6) is 0. The Morgan fingerprint density at radius 2 is 2.30 bits per heavy atom. The van der Waals surface area contributed by atoms with Gasteiger partial charge in [0.2, 0.25) is 0 Å². The van der Waals surface area contributed by atoms with Gasteiger partial charge in [-0.05, 0) is 44.6 Å². The van der Waals surface area contributed by atoms with Crippen LogP contribution < -0.4 is 5.32 Å². The highest BCUT2D eigenvalue weighted by Crippen LogP contribution is 2.30. The predicted octanol–water partition coefficient (Wildman–Crippen LogP) is 3.07. The molecule has 3 rings (SSSR count). The number of aryl methyl sites for hydroxylation is 1. The first-order valence-corrected chi connectivity index (χ1v) is 9.34. The van der Waals surface area contributed by atoms with E-state index in [1.54, 1.807) is 0 Å². The molecular formula is C17H24N4OS. The summed E-state index contributed by atoms with van der Waals surface area (Å²) < 4.78 is 2.05. The molecule has 2 aromatic heterocycles. The molecule has 0 spiro atoms. The second-order valence-electron chi connectivity index (χ2n) is 6.22. The van der Waals surface area contributed by atoms with Gasteiger partial charge >= 0.3 is 6.03 Å². The number of nitrogens with zero attached hydrogens (tertiary/aromatic N) is 3. The average Bonchev–Trinajstić information content (AvgIpc) is 3.19. The van der Waals surface area contributed by atoms with Gasteiger partial charge in [0.25, 0.3) is 0 Å². The minimum atomic E-state index is -0.00877. The highest BCUT2D eigenvalue weighted by atomic mass is 32.2. The van der Waals surface area contributed by atoms with Crippen molar-refractivity contribution in [3.8, 4) is 0 Å². The lowest BCUT2D eigenvalue weighted by Gasteiger charge is -2.24. The minimum Gasteiger partial charge on any atom is -0.332 e. The number of pyridine rings is 1. The van der Waals surface area contributed by atoms with Gasteiger partial charge in [-0.2, -0.15) is 11.8 Å². The van der Waals surface area contributed by atoms with Crippen molar-refractivity contribution in [2.24, 2.45) is 0 Å². The number of fused-ring (bicyclic) bond motifs is 1. The van der Waals surface area contributed by atoms with E-state index in [1.807, 2.05) is 59.4 Å². The van der Waals surface area contributed by atoms with Crippen molar-refractivity contribution in [3.05, 3.63) is 35.8 Å². The number of carbonyl (C=O) groups excluding carboxylic acids is 1. The summed E-state index contributed by atoms with van der Waals surface area (Å²) in [6, 6.07) is 6.37. The number of nitrogens with one attached hydrogen (secondary N) is 1. The number of amides is 2. The summed E-state index contributed by atoms with van der Waals surface area (Å²) in [5.41, 5.74) is 2.94. The molecule has 1 N–H and O–H groups in total. The van der Waals surface area contributed by atoms with Crippen molar-refractivity contribution >= 4 is 23.4 Å². The second kappa shape index (κ2) is 6.83. The smallest absolute Gasteiger partial charge is 0.317 e. The molecule has 0 saturated heterocycles. The van der Waals surface area contributed by atoms with E-state index in [0.717, 1.165) is 29.9 Å². The fourth-order valence-corrected chi connectivity index (χ4v) is 4.01. The highest BCUT2D eigenvalue weighted by Gasteiger charge is 2.29. The monoisotopic (exact) mass is 332 g/mol. The molecule has 2 amide bonds. The Labute approximate surface area is 141 Å². The first kappa shape index (κ1) is 16.2. The Bertz CT molecular complexity index is 699. The Morgan fingerprint density at radius 1 is 1.48 bits per heavy atom. The van der Waals surface area contributed by atoms with Gasteiger partial charge in [0.1, 0.15) is 5.65 Å². The molecular weight excluding hydrogens is 308 g/mol. The fraction of sp³-hybridized carbons (Fsp3) is 0.529. The Morgan fingerprint density at radius 3 is 3.00 bits per heavy atom. The largest absolute Gasteiger partial charge is 0.332 e. The van der Waals surface area contributed by atoms with E-state index in [4.69, 9.17) is 0 Å². The molecule has 0 aromatic carbocycles. The number of thioether (sulfide) groups is 1. The van der Waals surface area contributed by atoms with Crippen LogP contribution in [0.25, 0.3) is 5.65 Å². The molecule has 0 radical (unpaired) electrons. The topological polar surface area (TPSA) is 49.6 Å². The van der Waals surface area contributed by atoms with E-state index < -0.39 is 0 Å². The summed E-state index contributed by atoms with van der Waals surface area (Å²) in [4.78, 5) is 18.8. The van der Waals surface area contributed by atoms with Crippen LogP contribution in [0.4, 0.5) is 4.79 Å². The second-order valence-corrected chi connectivity index (χ2v) is 7.36. The summed E-state index contributed by atoms with van der Waals surface area (Å²) in [6.45, 7) is 2.51. The van der Waals surface area contributed by atoms with Crippen molar-refractivity contribution in [3.63, 3.8) is 0 Å². The predicted molar refractivity (Wildman–Crippen MR) is 94.9 cm³/mol. The number of hydrogen-bond acceptors (Lipinski definition) is 3. The lowest BCUT2D eigenvalue weighted by Crippen LogP contribution is -2.42. The molecule has 23 heavy (non-hydrogen) atoms. The van der Waals surface area contributed by atoms with Gasteiger partial charge in [0, 0.05) is 30.2 Å². The number of rotatable bonds is 4. The Hall–Kier alpha value is -1.69. The first-order chi connectivity index (χ1) is 11.1.